The Bertz CT molecular complexity index is 318. The van der Waals surface area contributed by atoms with Crippen LogP contribution in [0.5, 0.6) is 0 Å². The molecule has 0 saturated carbocycles. The maximum Gasteiger partial charge on any atom is 0.273 e. The third kappa shape index (κ3) is 2.12. The summed E-state index contributed by atoms with van der Waals surface area (Å²) in [5.41, 5.74) is 16.4. The molecule has 0 saturated heterocycles. The van der Waals surface area contributed by atoms with Crippen molar-refractivity contribution in [3.05, 3.63) is 22.2 Å². The van der Waals surface area contributed by atoms with E-state index in [1.54, 1.807) is 0 Å². The van der Waals surface area contributed by atoms with E-state index in [2.05, 4.69) is 0 Å². The maximum atomic E-state index is 10.3. The van der Waals surface area contributed by atoms with Crippen LogP contribution in [0.1, 0.15) is 0 Å². The van der Waals surface area contributed by atoms with Gasteiger partial charge in [-0.15, -0.1) is 12.4 Å². The highest BCUT2D eigenvalue weighted by atomic mass is 35.5. The van der Waals surface area contributed by atoms with Gasteiger partial charge in [0.2, 0.25) is 0 Å². The summed E-state index contributed by atoms with van der Waals surface area (Å²) in [6.45, 7) is 0. The van der Waals surface area contributed by atoms with Crippen LogP contribution >= 0.6 is 12.4 Å². The summed E-state index contributed by atoms with van der Waals surface area (Å²) in [5, 5.41) is 10.3. The van der Waals surface area contributed by atoms with Crippen LogP contribution in [0.4, 0.5) is 22.7 Å². The van der Waals surface area contributed by atoms with Crippen LogP contribution < -0.4 is 17.2 Å². The number of non-ortho nitro benzene ring substituents is 1. The molecule has 1 aromatic carbocycles. The molecule has 0 unspecified atom stereocenters. The fraction of sp³-hybridized carbons (Fsp3) is 0. The van der Waals surface area contributed by atoms with Crippen molar-refractivity contribution in [2.24, 2.45) is 0 Å². The molecule has 0 aliphatic rings. The molecule has 0 radical (unpaired) electrons. The molecule has 6 nitrogen and oxygen atoms in total. The molecule has 1 aromatic rings. The van der Waals surface area contributed by atoms with Crippen LogP contribution in [0.3, 0.4) is 0 Å². The van der Waals surface area contributed by atoms with E-state index in [1.807, 2.05) is 0 Å². The van der Waals surface area contributed by atoms with E-state index >= 15 is 0 Å². The molecule has 0 fully saturated rings. The number of nitro benzene ring substituents is 1. The lowest BCUT2D eigenvalue weighted by atomic mass is 10.2. The first-order valence-corrected chi connectivity index (χ1v) is 3.11. The van der Waals surface area contributed by atoms with Crippen molar-refractivity contribution in [1.29, 1.82) is 0 Å². The van der Waals surface area contributed by atoms with Gasteiger partial charge >= 0.3 is 0 Å². The van der Waals surface area contributed by atoms with Gasteiger partial charge < -0.3 is 17.2 Å². The zero-order valence-electron chi connectivity index (χ0n) is 6.56. The lowest BCUT2D eigenvalue weighted by molar-refractivity contribution is -0.384. The van der Waals surface area contributed by atoms with E-state index in [1.165, 1.54) is 12.1 Å². The first kappa shape index (κ1) is 11.3. The normalized spacial score (nSPS) is 8.92. The smallest absolute Gasteiger partial charge is 0.273 e. The maximum absolute atomic E-state index is 10.3. The zero-order chi connectivity index (χ0) is 9.30. The average Bonchev–Trinajstić information content (AvgIpc) is 1.99. The highest BCUT2D eigenvalue weighted by molar-refractivity contribution is 5.85. The number of hydrogen-bond donors (Lipinski definition) is 3. The van der Waals surface area contributed by atoms with Crippen molar-refractivity contribution < 1.29 is 4.92 Å². The number of hydrogen-bond acceptors (Lipinski definition) is 5. The number of halogens is 1. The summed E-state index contributed by atoms with van der Waals surface area (Å²) in [6, 6.07) is 2.34. The van der Waals surface area contributed by atoms with Crippen LogP contribution in [0.15, 0.2) is 12.1 Å². The van der Waals surface area contributed by atoms with Crippen molar-refractivity contribution in [2.45, 2.75) is 0 Å². The van der Waals surface area contributed by atoms with Crippen molar-refractivity contribution in [1.82, 2.24) is 0 Å². The van der Waals surface area contributed by atoms with Gasteiger partial charge in [0, 0.05) is 12.1 Å². The SMILES string of the molecule is Cl.Nc1cc([N+](=O)[O-])cc(N)c1N. The van der Waals surface area contributed by atoms with E-state index in [4.69, 9.17) is 17.2 Å². The Morgan fingerprint density at radius 2 is 1.54 bits per heavy atom. The molecule has 0 aliphatic carbocycles. The number of anilines is 3. The molecule has 0 amide bonds. The second kappa shape index (κ2) is 3.81. The molecule has 0 aliphatic heterocycles. The Labute approximate surface area is 80.3 Å². The highest BCUT2D eigenvalue weighted by Crippen LogP contribution is 2.28. The summed E-state index contributed by atoms with van der Waals surface area (Å²) in [4.78, 5) is 9.69. The Hall–Kier alpha value is -1.69. The van der Waals surface area contributed by atoms with Crippen LogP contribution in [0.2, 0.25) is 0 Å². The number of nitrogen functional groups attached to an aromatic ring is 3. The number of nitro groups is 1. The van der Waals surface area contributed by atoms with Crippen LogP contribution in [0.25, 0.3) is 0 Å². The largest absolute Gasteiger partial charge is 0.397 e. The fourth-order valence-corrected chi connectivity index (χ4v) is 0.788. The third-order valence-electron chi connectivity index (χ3n) is 1.44. The molecule has 7 heteroatoms. The topological polar surface area (TPSA) is 121 Å². The van der Waals surface area contributed by atoms with Gasteiger partial charge in [-0.05, 0) is 0 Å². The minimum absolute atomic E-state index is 0. The molecular formula is C6H9ClN4O2. The van der Waals surface area contributed by atoms with Crippen molar-refractivity contribution in [2.75, 3.05) is 17.2 Å². The van der Waals surface area contributed by atoms with Crippen LogP contribution in [-0.4, -0.2) is 4.92 Å². The summed E-state index contributed by atoms with van der Waals surface area (Å²) in [5.74, 6) is 0. The minimum Gasteiger partial charge on any atom is -0.397 e. The highest BCUT2D eigenvalue weighted by Gasteiger charge is 2.10. The molecule has 0 atom stereocenters. The van der Waals surface area contributed by atoms with Gasteiger partial charge in [0.1, 0.15) is 0 Å². The molecule has 13 heavy (non-hydrogen) atoms. The van der Waals surface area contributed by atoms with E-state index in [9.17, 15) is 10.1 Å². The minimum atomic E-state index is -0.577. The van der Waals surface area contributed by atoms with Gasteiger partial charge in [-0.3, -0.25) is 10.1 Å². The Morgan fingerprint density at radius 3 is 1.85 bits per heavy atom. The predicted octanol–water partition coefficient (Wildman–Crippen LogP) is 0.763. The second-order valence-corrected chi connectivity index (χ2v) is 2.30. The van der Waals surface area contributed by atoms with E-state index in [-0.39, 0.29) is 35.2 Å². The second-order valence-electron chi connectivity index (χ2n) is 2.30. The number of nitrogens with two attached hydrogens (primary N) is 3. The molecule has 0 aromatic heterocycles. The molecule has 0 bridgehead atoms. The number of benzene rings is 1. The molecule has 0 heterocycles. The van der Waals surface area contributed by atoms with E-state index in [0.29, 0.717) is 0 Å². The van der Waals surface area contributed by atoms with Gasteiger partial charge in [-0.1, -0.05) is 0 Å². The average molecular weight is 205 g/mol. The molecule has 6 N–H and O–H groups in total. The van der Waals surface area contributed by atoms with Gasteiger partial charge in [-0.25, -0.2) is 0 Å². The van der Waals surface area contributed by atoms with Gasteiger partial charge in [0.05, 0.1) is 22.0 Å². The molecule has 72 valence electrons. The third-order valence-corrected chi connectivity index (χ3v) is 1.44. The fourth-order valence-electron chi connectivity index (χ4n) is 0.788. The lowest BCUT2D eigenvalue weighted by Gasteiger charge is -2.02. The molecule has 1 rings (SSSR count). The summed E-state index contributed by atoms with van der Waals surface area (Å²) in [7, 11) is 0. The van der Waals surface area contributed by atoms with Gasteiger partial charge in [0.15, 0.2) is 0 Å². The van der Waals surface area contributed by atoms with E-state index < -0.39 is 4.92 Å². The lowest BCUT2D eigenvalue weighted by Crippen LogP contribution is -2.01. The summed E-state index contributed by atoms with van der Waals surface area (Å²) < 4.78 is 0. The standard InChI is InChI=1S/C6H8N4O2.ClH/c7-4-1-3(10(11)12)2-5(8)6(4)9;/h1-2H,7-9H2;1H. The van der Waals surface area contributed by atoms with E-state index in [0.717, 1.165) is 0 Å². The van der Waals surface area contributed by atoms with Crippen molar-refractivity contribution >= 4 is 35.2 Å². The quantitative estimate of drug-likeness (QED) is 0.354. The Morgan fingerprint density at radius 1 is 1.15 bits per heavy atom. The van der Waals surface area contributed by atoms with Gasteiger partial charge in [-0.2, -0.15) is 0 Å². The Balaban J connectivity index is 0.00000144. The molecular weight excluding hydrogens is 196 g/mol. The predicted molar refractivity (Wildman–Crippen MR) is 53.6 cm³/mol. The zero-order valence-corrected chi connectivity index (χ0v) is 7.38. The van der Waals surface area contributed by atoms with Crippen LogP contribution in [-0.2, 0) is 0 Å². The summed E-state index contributed by atoms with van der Waals surface area (Å²) >= 11 is 0. The van der Waals surface area contributed by atoms with Crippen LogP contribution in [0, 0.1) is 10.1 Å². The molecule has 0 spiro atoms. The van der Waals surface area contributed by atoms with Gasteiger partial charge in [0.25, 0.3) is 5.69 Å². The van der Waals surface area contributed by atoms with Crippen molar-refractivity contribution in [3.8, 4) is 0 Å². The van der Waals surface area contributed by atoms with Crippen molar-refractivity contribution in [3.63, 3.8) is 0 Å². The first-order valence-electron chi connectivity index (χ1n) is 3.11. The first-order chi connectivity index (χ1) is 5.52. The Kier molecular flexibility index (Phi) is 3.32. The number of nitrogens with zero attached hydrogens (tertiary/aromatic N) is 1. The number of rotatable bonds is 1. The monoisotopic (exact) mass is 204 g/mol. The summed E-state index contributed by atoms with van der Waals surface area (Å²) in [6.07, 6.45) is 0.